The Kier molecular flexibility index (Phi) is 8.52. The number of para-hydroxylation sites is 1. The van der Waals surface area contributed by atoms with Crippen LogP contribution in [0, 0.1) is 0 Å². The fourth-order valence-electron chi connectivity index (χ4n) is 2.62. The van der Waals surface area contributed by atoms with Gasteiger partial charge < -0.3 is 14.2 Å². The highest BCUT2D eigenvalue weighted by Gasteiger charge is 2.15. The standard InChI is InChI=1S/C23H24O3S3/c1-27-19-13-11-17(12-14-19)25-23(26-18-7-6-8-20(15-18)28-2)16-24-21-9-4-5-10-22(21)29-3/h4-15,23H,16H2,1-3H3. The van der Waals surface area contributed by atoms with E-state index in [0.717, 1.165) is 27.0 Å². The van der Waals surface area contributed by atoms with Crippen LogP contribution in [0.4, 0.5) is 0 Å². The van der Waals surface area contributed by atoms with Gasteiger partial charge in [0.05, 0.1) is 0 Å². The average molecular weight is 445 g/mol. The molecule has 0 saturated carbocycles. The number of rotatable bonds is 10. The van der Waals surface area contributed by atoms with Crippen molar-refractivity contribution in [1.29, 1.82) is 0 Å². The van der Waals surface area contributed by atoms with Crippen molar-refractivity contribution < 1.29 is 14.2 Å². The maximum Gasteiger partial charge on any atom is 0.274 e. The highest BCUT2D eigenvalue weighted by Crippen LogP contribution is 2.28. The van der Waals surface area contributed by atoms with Crippen LogP contribution in [0.25, 0.3) is 0 Å². The molecule has 0 aliphatic heterocycles. The lowest BCUT2D eigenvalue weighted by molar-refractivity contribution is -0.0284. The molecule has 0 heterocycles. The van der Waals surface area contributed by atoms with Crippen LogP contribution in [-0.4, -0.2) is 31.7 Å². The van der Waals surface area contributed by atoms with E-state index >= 15 is 0 Å². The second-order valence-electron chi connectivity index (χ2n) is 5.98. The lowest BCUT2D eigenvalue weighted by Crippen LogP contribution is -2.31. The molecular weight excluding hydrogens is 420 g/mol. The molecule has 0 amide bonds. The second kappa shape index (κ2) is 11.3. The van der Waals surface area contributed by atoms with Gasteiger partial charge in [0, 0.05) is 14.7 Å². The molecule has 152 valence electrons. The van der Waals surface area contributed by atoms with E-state index in [-0.39, 0.29) is 6.61 Å². The van der Waals surface area contributed by atoms with Crippen LogP contribution < -0.4 is 14.2 Å². The Morgan fingerprint density at radius 1 is 0.690 bits per heavy atom. The van der Waals surface area contributed by atoms with Crippen molar-refractivity contribution in [3.63, 3.8) is 0 Å². The van der Waals surface area contributed by atoms with Crippen molar-refractivity contribution in [2.45, 2.75) is 21.0 Å². The molecule has 0 aromatic heterocycles. The number of benzene rings is 3. The van der Waals surface area contributed by atoms with Crippen LogP contribution in [0.15, 0.2) is 87.5 Å². The molecule has 3 rings (SSSR count). The zero-order valence-electron chi connectivity index (χ0n) is 16.7. The van der Waals surface area contributed by atoms with Gasteiger partial charge in [0.2, 0.25) is 0 Å². The number of thioether (sulfide) groups is 3. The van der Waals surface area contributed by atoms with E-state index in [2.05, 4.69) is 12.3 Å². The SMILES string of the molecule is CSc1ccc(OC(COc2ccccc2SC)Oc2cccc(SC)c2)cc1. The molecule has 0 radical (unpaired) electrons. The lowest BCUT2D eigenvalue weighted by Gasteiger charge is -2.22. The smallest absolute Gasteiger partial charge is 0.274 e. The van der Waals surface area contributed by atoms with Gasteiger partial charge in [-0.3, -0.25) is 0 Å². The summed E-state index contributed by atoms with van der Waals surface area (Å²) >= 11 is 5.03. The number of hydrogen-bond donors (Lipinski definition) is 0. The molecule has 0 aliphatic carbocycles. The maximum absolute atomic E-state index is 6.14. The lowest BCUT2D eigenvalue weighted by atomic mass is 10.3. The molecule has 3 aromatic carbocycles. The molecule has 0 N–H and O–H groups in total. The normalized spacial score (nSPS) is 11.7. The quantitative estimate of drug-likeness (QED) is 0.255. The molecule has 3 aromatic rings. The Morgan fingerprint density at radius 2 is 1.41 bits per heavy atom. The summed E-state index contributed by atoms with van der Waals surface area (Å²) in [5.41, 5.74) is 0. The van der Waals surface area contributed by atoms with Gasteiger partial charge >= 0.3 is 0 Å². The van der Waals surface area contributed by atoms with Crippen molar-refractivity contribution in [2.75, 3.05) is 25.4 Å². The summed E-state index contributed by atoms with van der Waals surface area (Å²) in [5, 5.41) is 0. The summed E-state index contributed by atoms with van der Waals surface area (Å²) < 4.78 is 18.3. The van der Waals surface area contributed by atoms with E-state index < -0.39 is 6.29 Å². The van der Waals surface area contributed by atoms with Gasteiger partial charge in [-0.15, -0.1) is 35.3 Å². The van der Waals surface area contributed by atoms with E-state index in [4.69, 9.17) is 14.2 Å². The van der Waals surface area contributed by atoms with E-state index in [1.165, 1.54) is 4.90 Å². The van der Waals surface area contributed by atoms with E-state index in [9.17, 15) is 0 Å². The van der Waals surface area contributed by atoms with Crippen LogP contribution in [0.2, 0.25) is 0 Å². The van der Waals surface area contributed by atoms with E-state index in [1.54, 1.807) is 35.3 Å². The van der Waals surface area contributed by atoms with Gasteiger partial charge in [0.1, 0.15) is 17.2 Å². The molecule has 1 unspecified atom stereocenters. The maximum atomic E-state index is 6.14. The van der Waals surface area contributed by atoms with Crippen molar-refractivity contribution in [3.8, 4) is 17.2 Å². The summed E-state index contributed by atoms with van der Waals surface area (Å²) in [6.45, 7) is 0.269. The van der Waals surface area contributed by atoms with Gasteiger partial charge in [0.15, 0.2) is 6.61 Å². The fourth-order valence-corrected chi connectivity index (χ4v) is 4.02. The van der Waals surface area contributed by atoms with Crippen LogP contribution >= 0.6 is 35.3 Å². The molecule has 29 heavy (non-hydrogen) atoms. The van der Waals surface area contributed by atoms with Gasteiger partial charge in [0.25, 0.3) is 6.29 Å². The summed E-state index contributed by atoms with van der Waals surface area (Å²) in [7, 11) is 0. The second-order valence-corrected chi connectivity index (χ2v) is 8.59. The van der Waals surface area contributed by atoms with Crippen LogP contribution in [-0.2, 0) is 0 Å². The third-order valence-electron chi connectivity index (χ3n) is 4.08. The Hall–Kier alpha value is -1.89. The van der Waals surface area contributed by atoms with Crippen LogP contribution in [0.1, 0.15) is 0 Å². The average Bonchev–Trinajstić information content (AvgIpc) is 2.78. The Balaban J connectivity index is 1.75. The fraction of sp³-hybridized carbons (Fsp3) is 0.217. The summed E-state index contributed by atoms with van der Waals surface area (Å²) in [6.07, 6.45) is 5.55. The van der Waals surface area contributed by atoms with Gasteiger partial charge in [-0.2, -0.15) is 0 Å². The van der Waals surface area contributed by atoms with Crippen molar-refractivity contribution in [2.24, 2.45) is 0 Å². The predicted molar refractivity (Wildman–Crippen MR) is 125 cm³/mol. The minimum Gasteiger partial charge on any atom is -0.485 e. The molecular formula is C23H24O3S3. The molecule has 0 fully saturated rings. The zero-order chi connectivity index (χ0) is 20.5. The first-order chi connectivity index (χ1) is 14.2. The summed E-state index contributed by atoms with van der Waals surface area (Å²) in [5.74, 6) is 2.33. The van der Waals surface area contributed by atoms with Crippen LogP contribution in [0.5, 0.6) is 17.2 Å². The molecule has 0 aliphatic rings. The first-order valence-electron chi connectivity index (χ1n) is 9.09. The van der Waals surface area contributed by atoms with Crippen LogP contribution in [0.3, 0.4) is 0 Å². The van der Waals surface area contributed by atoms with Gasteiger partial charge in [-0.25, -0.2) is 0 Å². The highest BCUT2D eigenvalue weighted by molar-refractivity contribution is 7.99. The number of ether oxygens (including phenoxy) is 3. The molecule has 6 heteroatoms. The molecule has 1 atom stereocenters. The van der Waals surface area contributed by atoms with E-state index in [0.29, 0.717) is 0 Å². The molecule has 0 spiro atoms. The molecule has 0 bridgehead atoms. The third-order valence-corrected chi connectivity index (χ3v) is 6.33. The topological polar surface area (TPSA) is 27.7 Å². The minimum atomic E-state index is -0.581. The van der Waals surface area contributed by atoms with Crippen molar-refractivity contribution in [1.82, 2.24) is 0 Å². The molecule has 0 saturated heterocycles. The van der Waals surface area contributed by atoms with Gasteiger partial charge in [-0.1, -0.05) is 18.2 Å². The summed E-state index contributed by atoms with van der Waals surface area (Å²) in [6, 6.07) is 23.9. The summed E-state index contributed by atoms with van der Waals surface area (Å²) in [4.78, 5) is 3.41. The zero-order valence-corrected chi connectivity index (χ0v) is 19.1. The predicted octanol–water partition coefficient (Wildman–Crippen LogP) is 6.72. The van der Waals surface area contributed by atoms with Crippen molar-refractivity contribution >= 4 is 35.3 Å². The monoisotopic (exact) mass is 444 g/mol. The third kappa shape index (κ3) is 6.56. The first-order valence-corrected chi connectivity index (χ1v) is 12.8. The largest absolute Gasteiger partial charge is 0.485 e. The van der Waals surface area contributed by atoms with Gasteiger partial charge in [-0.05, 0) is 73.4 Å². The Morgan fingerprint density at radius 3 is 2.14 bits per heavy atom. The highest BCUT2D eigenvalue weighted by atomic mass is 32.2. The molecule has 3 nitrogen and oxygen atoms in total. The van der Waals surface area contributed by atoms with E-state index in [1.807, 2.05) is 79.2 Å². The Bertz CT molecular complexity index is 900. The Labute approximate surface area is 185 Å². The van der Waals surface area contributed by atoms with Crippen molar-refractivity contribution in [3.05, 3.63) is 72.8 Å². The first kappa shape index (κ1) is 21.8. The number of hydrogen-bond acceptors (Lipinski definition) is 6. The minimum absolute atomic E-state index is 0.269.